The van der Waals surface area contributed by atoms with E-state index in [2.05, 4.69) is 24.4 Å². The van der Waals surface area contributed by atoms with Crippen LogP contribution in [0.4, 0.5) is 5.82 Å². The number of rotatable bonds is 3. The number of pyridine rings is 1. The van der Waals surface area contributed by atoms with Crippen LogP contribution in [-0.4, -0.2) is 11.5 Å². The Morgan fingerprint density at radius 2 is 1.95 bits per heavy atom. The number of aryl methyl sites for hydroxylation is 2. The van der Waals surface area contributed by atoms with Gasteiger partial charge in [-0.15, -0.1) is 0 Å². The fourth-order valence-electron chi connectivity index (χ4n) is 3.73. The van der Waals surface area contributed by atoms with Gasteiger partial charge in [-0.3, -0.25) is 0 Å². The van der Waals surface area contributed by atoms with Gasteiger partial charge in [0.2, 0.25) is 0 Å². The van der Waals surface area contributed by atoms with Crippen molar-refractivity contribution in [2.45, 2.75) is 64.7 Å². The standard InChI is InChI=1S/C18H25N3/c1-18(9-5-2-6-10-18)13-20-17-15(12-19)11-14-7-3-4-8-16(14)21-17/h11H,2-10,13H2,1H3,(H,20,21). The highest BCUT2D eigenvalue weighted by Gasteiger charge is 2.27. The largest absolute Gasteiger partial charge is 0.368 e. The second-order valence-electron chi connectivity index (χ2n) is 7.03. The summed E-state index contributed by atoms with van der Waals surface area (Å²) in [4.78, 5) is 4.77. The average molecular weight is 283 g/mol. The van der Waals surface area contributed by atoms with Crippen molar-refractivity contribution in [1.29, 1.82) is 5.26 Å². The fraction of sp³-hybridized carbons (Fsp3) is 0.667. The molecule has 1 saturated carbocycles. The van der Waals surface area contributed by atoms with Gasteiger partial charge in [-0.1, -0.05) is 26.2 Å². The molecule has 1 aromatic heterocycles. The van der Waals surface area contributed by atoms with Crippen LogP contribution >= 0.6 is 0 Å². The number of hydrogen-bond donors (Lipinski definition) is 1. The van der Waals surface area contributed by atoms with Crippen LogP contribution in [0, 0.1) is 16.7 Å². The van der Waals surface area contributed by atoms with Gasteiger partial charge in [0.1, 0.15) is 11.9 Å². The molecule has 2 aliphatic rings. The molecule has 0 saturated heterocycles. The van der Waals surface area contributed by atoms with Gasteiger partial charge in [0, 0.05) is 12.2 Å². The Morgan fingerprint density at radius 1 is 1.19 bits per heavy atom. The Bertz CT molecular complexity index is 550. The summed E-state index contributed by atoms with van der Waals surface area (Å²) in [5.74, 6) is 0.810. The van der Waals surface area contributed by atoms with Crippen molar-refractivity contribution in [2.24, 2.45) is 5.41 Å². The van der Waals surface area contributed by atoms with E-state index in [0.717, 1.165) is 30.8 Å². The molecule has 0 spiro atoms. The van der Waals surface area contributed by atoms with Crippen LogP contribution in [0.15, 0.2) is 6.07 Å². The molecule has 3 heteroatoms. The molecule has 2 aliphatic carbocycles. The Balaban J connectivity index is 1.76. The third kappa shape index (κ3) is 3.20. The zero-order valence-electron chi connectivity index (χ0n) is 13.0. The van der Waals surface area contributed by atoms with Crippen LogP contribution in [0.1, 0.15) is 68.7 Å². The lowest BCUT2D eigenvalue weighted by Gasteiger charge is -2.34. The summed E-state index contributed by atoms with van der Waals surface area (Å²) in [6.07, 6.45) is 11.2. The highest BCUT2D eigenvalue weighted by atomic mass is 15.0. The van der Waals surface area contributed by atoms with Crippen LogP contribution in [0.2, 0.25) is 0 Å². The van der Waals surface area contributed by atoms with E-state index in [0.29, 0.717) is 5.41 Å². The Hall–Kier alpha value is -1.56. The minimum atomic E-state index is 0.364. The topological polar surface area (TPSA) is 48.7 Å². The number of nitrogens with zero attached hydrogens (tertiary/aromatic N) is 2. The lowest BCUT2D eigenvalue weighted by atomic mass is 9.76. The molecular formula is C18H25N3. The lowest BCUT2D eigenvalue weighted by molar-refractivity contribution is 0.233. The van der Waals surface area contributed by atoms with E-state index in [9.17, 15) is 5.26 Å². The van der Waals surface area contributed by atoms with E-state index < -0.39 is 0 Å². The van der Waals surface area contributed by atoms with Crippen LogP contribution in [0.3, 0.4) is 0 Å². The molecule has 0 aromatic carbocycles. The Kier molecular flexibility index (Phi) is 4.14. The Morgan fingerprint density at radius 3 is 2.71 bits per heavy atom. The van der Waals surface area contributed by atoms with Gasteiger partial charge < -0.3 is 5.32 Å². The van der Waals surface area contributed by atoms with Crippen molar-refractivity contribution in [3.63, 3.8) is 0 Å². The highest BCUT2D eigenvalue weighted by Crippen LogP contribution is 2.36. The number of fused-ring (bicyclic) bond motifs is 1. The molecule has 0 bridgehead atoms. The van der Waals surface area contributed by atoms with Gasteiger partial charge in [-0.2, -0.15) is 5.26 Å². The van der Waals surface area contributed by atoms with E-state index in [4.69, 9.17) is 4.98 Å². The molecule has 1 aromatic rings. The van der Waals surface area contributed by atoms with Crippen LogP contribution in [-0.2, 0) is 12.8 Å². The average Bonchev–Trinajstić information content (AvgIpc) is 2.53. The van der Waals surface area contributed by atoms with Gasteiger partial charge >= 0.3 is 0 Å². The van der Waals surface area contributed by atoms with Gasteiger partial charge in [-0.05, 0) is 55.6 Å². The smallest absolute Gasteiger partial charge is 0.144 e. The molecular weight excluding hydrogens is 258 g/mol. The first-order valence-electron chi connectivity index (χ1n) is 8.37. The molecule has 3 nitrogen and oxygen atoms in total. The molecule has 1 fully saturated rings. The van der Waals surface area contributed by atoms with Crippen molar-refractivity contribution in [3.8, 4) is 6.07 Å². The van der Waals surface area contributed by atoms with Crippen molar-refractivity contribution >= 4 is 5.82 Å². The summed E-state index contributed by atoms with van der Waals surface area (Å²) < 4.78 is 0. The van der Waals surface area contributed by atoms with E-state index in [-0.39, 0.29) is 0 Å². The summed E-state index contributed by atoms with van der Waals surface area (Å²) in [6.45, 7) is 3.30. The number of hydrogen-bond acceptors (Lipinski definition) is 3. The van der Waals surface area contributed by atoms with E-state index in [1.165, 1.54) is 56.2 Å². The molecule has 0 unspecified atom stereocenters. The number of anilines is 1. The number of aromatic nitrogens is 1. The number of nitrogens with one attached hydrogen (secondary N) is 1. The molecule has 1 heterocycles. The third-order valence-corrected chi connectivity index (χ3v) is 5.16. The van der Waals surface area contributed by atoms with Crippen LogP contribution in [0.25, 0.3) is 0 Å². The quantitative estimate of drug-likeness (QED) is 0.903. The second kappa shape index (κ2) is 6.05. The van der Waals surface area contributed by atoms with Crippen molar-refractivity contribution in [3.05, 3.63) is 22.9 Å². The molecule has 0 aliphatic heterocycles. The predicted molar refractivity (Wildman–Crippen MR) is 85.3 cm³/mol. The monoisotopic (exact) mass is 283 g/mol. The minimum absolute atomic E-state index is 0.364. The summed E-state index contributed by atoms with van der Waals surface area (Å²) in [6, 6.07) is 4.38. The van der Waals surface area contributed by atoms with E-state index >= 15 is 0 Å². The molecule has 21 heavy (non-hydrogen) atoms. The predicted octanol–water partition coefficient (Wildman–Crippen LogP) is 4.21. The normalized spacial score (nSPS) is 20.4. The maximum atomic E-state index is 9.39. The third-order valence-electron chi connectivity index (χ3n) is 5.16. The SMILES string of the molecule is CC1(CNc2nc3c(cc2C#N)CCCC3)CCCCC1. The van der Waals surface area contributed by atoms with Crippen molar-refractivity contribution in [1.82, 2.24) is 4.98 Å². The molecule has 3 rings (SSSR count). The molecule has 0 radical (unpaired) electrons. The Labute approximate surface area is 127 Å². The summed E-state index contributed by atoms with van der Waals surface area (Å²) in [5.41, 5.74) is 3.57. The first kappa shape index (κ1) is 14.4. The van der Waals surface area contributed by atoms with E-state index in [1.807, 2.05) is 0 Å². The lowest BCUT2D eigenvalue weighted by Crippen LogP contribution is -2.29. The maximum absolute atomic E-state index is 9.39. The minimum Gasteiger partial charge on any atom is -0.368 e. The van der Waals surface area contributed by atoms with Crippen molar-refractivity contribution in [2.75, 3.05) is 11.9 Å². The highest BCUT2D eigenvalue weighted by molar-refractivity contribution is 5.54. The summed E-state index contributed by atoms with van der Waals surface area (Å²) in [5, 5.41) is 12.9. The zero-order valence-corrected chi connectivity index (χ0v) is 13.0. The summed E-state index contributed by atoms with van der Waals surface area (Å²) >= 11 is 0. The van der Waals surface area contributed by atoms with E-state index in [1.54, 1.807) is 0 Å². The zero-order chi connectivity index (χ0) is 14.7. The first-order chi connectivity index (χ1) is 10.2. The van der Waals surface area contributed by atoms with Crippen molar-refractivity contribution < 1.29 is 0 Å². The van der Waals surface area contributed by atoms with Gasteiger partial charge in [-0.25, -0.2) is 4.98 Å². The summed E-state index contributed by atoms with van der Waals surface area (Å²) in [7, 11) is 0. The molecule has 112 valence electrons. The van der Waals surface area contributed by atoms with Crippen LogP contribution in [0.5, 0.6) is 0 Å². The van der Waals surface area contributed by atoms with Crippen LogP contribution < -0.4 is 5.32 Å². The molecule has 0 amide bonds. The maximum Gasteiger partial charge on any atom is 0.144 e. The second-order valence-corrected chi connectivity index (χ2v) is 7.03. The fourth-order valence-corrected chi connectivity index (χ4v) is 3.73. The molecule has 1 N–H and O–H groups in total. The van der Waals surface area contributed by atoms with Gasteiger partial charge in [0.05, 0.1) is 5.56 Å². The van der Waals surface area contributed by atoms with Gasteiger partial charge in [0.15, 0.2) is 0 Å². The van der Waals surface area contributed by atoms with Gasteiger partial charge in [0.25, 0.3) is 0 Å². The first-order valence-corrected chi connectivity index (χ1v) is 8.37. The molecule has 0 atom stereocenters. The number of nitriles is 1.